The largest absolute Gasteiger partial charge is 0.460 e. The molecule has 0 unspecified atom stereocenters. The average Bonchev–Trinajstić information content (AvgIpc) is 3.25. The summed E-state index contributed by atoms with van der Waals surface area (Å²) in [7, 11) is 0. The van der Waals surface area contributed by atoms with Crippen LogP contribution in [0.1, 0.15) is 59.1 Å². The number of esters is 1. The van der Waals surface area contributed by atoms with E-state index in [2.05, 4.69) is 23.5 Å². The summed E-state index contributed by atoms with van der Waals surface area (Å²) >= 11 is 0. The van der Waals surface area contributed by atoms with E-state index in [1.54, 1.807) is 4.90 Å². The molecule has 0 saturated carbocycles. The predicted molar refractivity (Wildman–Crippen MR) is 139 cm³/mol. The van der Waals surface area contributed by atoms with E-state index < -0.39 is 11.2 Å². The van der Waals surface area contributed by atoms with E-state index >= 15 is 0 Å². The topological polar surface area (TPSA) is 67.9 Å². The van der Waals surface area contributed by atoms with Gasteiger partial charge in [-0.2, -0.15) is 0 Å². The van der Waals surface area contributed by atoms with Crippen molar-refractivity contribution in [2.75, 3.05) is 18.4 Å². The molecule has 6 nitrogen and oxygen atoms in total. The number of benzene rings is 2. The third-order valence-corrected chi connectivity index (χ3v) is 5.88. The van der Waals surface area contributed by atoms with Gasteiger partial charge in [-0.15, -0.1) is 0 Å². The van der Waals surface area contributed by atoms with E-state index in [4.69, 9.17) is 9.47 Å². The SMILES string of the molecule is CC(C)(C)OC(=O)[C@@H](Cc1cccc(NCc2ccccc2)c1)[C@H]1CCN(C(=O)OC(C)(C)C)C1. The number of carbonyl (C=O) groups excluding carboxylic acids is 2. The zero-order valence-electron chi connectivity index (χ0n) is 22.0. The number of amides is 1. The summed E-state index contributed by atoms with van der Waals surface area (Å²) in [6.07, 6.45) is 0.979. The highest BCUT2D eigenvalue weighted by Gasteiger charge is 2.39. The molecule has 6 heteroatoms. The van der Waals surface area contributed by atoms with Crippen molar-refractivity contribution in [2.24, 2.45) is 11.8 Å². The Kier molecular flexibility index (Phi) is 8.47. The van der Waals surface area contributed by atoms with Crippen molar-refractivity contribution in [1.29, 1.82) is 0 Å². The minimum Gasteiger partial charge on any atom is -0.460 e. The lowest BCUT2D eigenvalue weighted by Gasteiger charge is -2.28. The fourth-order valence-electron chi connectivity index (χ4n) is 4.29. The average molecular weight is 481 g/mol. The van der Waals surface area contributed by atoms with Gasteiger partial charge in [0.2, 0.25) is 0 Å². The quantitative estimate of drug-likeness (QED) is 0.488. The van der Waals surface area contributed by atoms with Crippen molar-refractivity contribution < 1.29 is 19.1 Å². The highest BCUT2D eigenvalue weighted by Crippen LogP contribution is 2.31. The molecule has 2 aromatic carbocycles. The van der Waals surface area contributed by atoms with Crippen LogP contribution in [-0.4, -0.2) is 41.3 Å². The van der Waals surface area contributed by atoms with E-state index in [0.717, 1.165) is 24.2 Å². The van der Waals surface area contributed by atoms with Crippen molar-refractivity contribution in [3.8, 4) is 0 Å². The van der Waals surface area contributed by atoms with Crippen LogP contribution in [0.5, 0.6) is 0 Å². The Morgan fingerprint density at radius 2 is 1.60 bits per heavy atom. The summed E-state index contributed by atoms with van der Waals surface area (Å²) in [4.78, 5) is 27.6. The predicted octanol–water partition coefficient (Wildman–Crippen LogP) is 6.06. The maximum absolute atomic E-state index is 13.3. The lowest BCUT2D eigenvalue weighted by Crippen LogP contribution is -2.38. The summed E-state index contributed by atoms with van der Waals surface area (Å²) in [5.41, 5.74) is 2.16. The van der Waals surface area contributed by atoms with Crippen molar-refractivity contribution in [2.45, 2.75) is 72.1 Å². The van der Waals surface area contributed by atoms with Crippen LogP contribution >= 0.6 is 0 Å². The minimum atomic E-state index is -0.572. The van der Waals surface area contributed by atoms with Crippen LogP contribution in [0.2, 0.25) is 0 Å². The van der Waals surface area contributed by atoms with E-state index in [1.807, 2.05) is 77.9 Å². The third-order valence-electron chi connectivity index (χ3n) is 5.88. The van der Waals surface area contributed by atoms with Crippen LogP contribution in [0.3, 0.4) is 0 Å². The molecule has 1 aliphatic rings. The van der Waals surface area contributed by atoms with Gasteiger partial charge in [-0.05, 0) is 83.6 Å². The maximum atomic E-state index is 13.3. The molecule has 2 aromatic rings. The van der Waals surface area contributed by atoms with E-state index in [9.17, 15) is 9.59 Å². The van der Waals surface area contributed by atoms with E-state index in [0.29, 0.717) is 19.5 Å². The molecular formula is C29H40N2O4. The Morgan fingerprint density at radius 1 is 0.943 bits per heavy atom. The lowest BCUT2D eigenvalue weighted by atomic mass is 9.86. The van der Waals surface area contributed by atoms with Crippen molar-refractivity contribution >= 4 is 17.7 Å². The maximum Gasteiger partial charge on any atom is 0.410 e. The number of anilines is 1. The lowest BCUT2D eigenvalue weighted by molar-refractivity contribution is -0.161. The Labute approximate surface area is 210 Å². The van der Waals surface area contributed by atoms with Crippen LogP contribution in [0.15, 0.2) is 54.6 Å². The van der Waals surface area contributed by atoms with E-state index in [1.165, 1.54) is 5.56 Å². The first-order valence-electron chi connectivity index (χ1n) is 12.5. The molecule has 1 aliphatic heterocycles. The van der Waals surface area contributed by atoms with Crippen LogP contribution in [0.4, 0.5) is 10.5 Å². The smallest absolute Gasteiger partial charge is 0.410 e. The molecule has 0 aliphatic carbocycles. The van der Waals surface area contributed by atoms with Crippen molar-refractivity contribution in [3.63, 3.8) is 0 Å². The monoisotopic (exact) mass is 480 g/mol. The molecular weight excluding hydrogens is 440 g/mol. The Morgan fingerprint density at radius 3 is 2.26 bits per heavy atom. The van der Waals surface area contributed by atoms with Gasteiger partial charge in [0.15, 0.2) is 0 Å². The highest BCUT2D eigenvalue weighted by atomic mass is 16.6. The molecule has 1 amide bonds. The Bertz CT molecular complexity index is 992. The number of hydrogen-bond donors (Lipinski definition) is 1. The first-order valence-corrected chi connectivity index (χ1v) is 12.5. The summed E-state index contributed by atoms with van der Waals surface area (Å²) in [5, 5.41) is 3.47. The summed E-state index contributed by atoms with van der Waals surface area (Å²) < 4.78 is 11.4. The summed E-state index contributed by atoms with van der Waals surface area (Å²) in [5.74, 6) is -0.541. The van der Waals surface area contributed by atoms with E-state index in [-0.39, 0.29) is 23.9 Å². The second kappa shape index (κ2) is 11.1. The molecule has 0 spiro atoms. The van der Waals surface area contributed by atoms with Crippen molar-refractivity contribution in [1.82, 2.24) is 4.90 Å². The number of likely N-dealkylation sites (tertiary alicyclic amines) is 1. The Balaban J connectivity index is 1.72. The molecule has 1 N–H and O–H groups in total. The second-order valence-electron chi connectivity index (χ2n) is 11.4. The van der Waals surface area contributed by atoms with Gasteiger partial charge in [-0.1, -0.05) is 42.5 Å². The molecule has 35 heavy (non-hydrogen) atoms. The number of rotatable bonds is 7. The molecule has 0 bridgehead atoms. The van der Waals surface area contributed by atoms with Gasteiger partial charge in [0, 0.05) is 25.3 Å². The molecule has 1 saturated heterocycles. The van der Waals surface area contributed by atoms with Gasteiger partial charge < -0.3 is 19.7 Å². The number of ether oxygens (including phenoxy) is 2. The molecule has 0 aromatic heterocycles. The number of nitrogens with zero attached hydrogens (tertiary/aromatic N) is 1. The Hall–Kier alpha value is -3.02. The highest BCUT2D eigenvalue weighted by molar-refractivity contribution is 5.74. The van der Waals surface area contributed by atoms with Crippen LogP contribution in [0, 0.1) is 11.8 Å². The first kappa shape index (κ1) is 26.6. The fourth-order valence-corrected chi connectivity index (χ4v) is 4.29. The van der Waals surface area contributed by atoms with Gasteiger partial charge in [-0.3, -0.25) is 4.79 Å². The first-order chi connectivity index (χ1) is 16.4. The fraction of sp³-hybridized carbons (Fsp3) is 0.517. The molecule has 2 atom stereocenters. The molecule has 190 valence electrons. The second-order valence-corrected chi connectivity index (χ2v) is 11.4. The number of hydrogen-bond acceptors (Lipinski definition) is 5. The summed E-state index contributed by atoms with van der Waals surface area (Å²) in [6, 6.07) is 18.4. The molecule has 0 radical (unpaired) electrons. The van der Waals surface area contributed by atoms with Crippen molar-refractivity contribution in [3.05, 3.63) is 65.7 Å². The minimum absolute atomic E-state index is 0.0123. The molecule has 3 rings (SSSR count). The zero-order valence-corrected chi connectivity index (χ0v) is 22.0. The van der Waals surface area contributed by atoms with Crippen LogP contribution in [-0.2, 0) is 27.2 Å². The van der Waals surface area contributed by atoms with Gasteiger partial charge in [-0.25, -0.2) is 4.79 Å². The number of nitrogens with one attached hydrogen (secondary N) is 1. The third kappa shape index (κ3) is 8.61. The van der Waals surface area contributed by atoms with Gasteiger partial charge in [0.25, 0.3) is 0 Å². The van der Waals surface area contributed by atoms with Gasteiger partial charge in [0.1, 0.15) is 11.2 Å². The van der Waals surface area contributed by atoms with Gasteiger partial charge >= 0.3 is 12.1 Å². The van der Waals surface area contributed by atoms with Gasteiger partial charge in [0.05, 0.1) is 5.92 Å². The number of carbonyl (C=O) groups is 2. The normalized spacial score (nSPS) is 17.1. The standard InChI is InChI=1S/C29H40N2O4/c1-28(2,3)34-26(32)25(23-15-16-31(20-23)27(33)35-29(4,5)6)18-22-13-10-14-24(17-22)30-19-21-11-8-7-9-12-21/h7-14,17,23,25,30H,15-16,18-20H2,1-6H3/t23-,25-/m0/s1. The summed E-state index contributed by atoms with van der Waals surface area (Å²) in [6.45, 7) is 13.0. The van der Waals surface area contributed by atoms with Crippen LogP contribution < -0.4 is 5.32 Å². The zero-order chi connectivity index (χ0) is 25.6. The molecule has 1 fully saturated rings. The molecule has 1 heterocycles. The van der Waals surface area contributed by atoms with Crippen LogP contribution in [0.25, 0.3) is 0 Å².